The van der Waals surface area contributed by atoms with Crippen molar-refractivity contribution in [3.05, 3.63) is 102 Å². The van der Waals surface area contributed by atoms with Crippen LogP contribution < -0.4 is 5.32 Å². The van der Waals surface area contributed by atoms with Crippen LogP contribution in [0.1, 0.15) is 35.3 Å². The van der Waals surface area contributed by atoms with E-state index in [-0.39, 0.29) is 24.4 Å². The summed E-state index contributed by atoms with van der Waals surface area (Å²) in [6, 6.07) is 25.1. The number of nitrogens with zero attached hydrogens (tertiary/aromatic N) is 3. The number of aryl methyl sites for hydroxylation is 2. The molecule has 35 heavy (non-hydrogen) atoms. The van der Waals surface area contributed by atoms with Gasteiger partial charge < -0.3 is 4.90 Å². The molecule has 0 saturated carbocycles. The first-order chi connectivity index (χ1) is 16.8. The number of aromatic nitrogens is 2. The minimum Gasteiger partial charge on any atom is -0.327 e. The lowest BCUT2D eigenvalue weighted by Crippen LogP contribution is -2.42. The second kappa shape index (κ2) is 10.4. The first kappa shape index (κ1) is 24.0. The number of hydrogen-bond acceptors (Lipinski definition) is 3. The lowest BCUT2D eigenvalue weighted by atomic mass is 10.1. The van der Waals surface area contributed by atoms with Crippen LogP contribution in [0.4, 0.5) is 5.95 Å². The molecule has 0 radical (unpaired) electrons. The molecule has 178 valence electrons. The molecule has 6 heteroatoms. The summed E-state index contributed by atoms with van der Waals surface area (Å²) in [6.07, 6.45) is 1.91. The van der Waals surface area contributed by atoms with Gasteiger partial charge in [-0.15, -0.1) is 0 Å². The fraction of sp³-hybridized carbons (Fsp3) is 0.207. The number of imidazole rings is 1. The molecule has 1 heterocycles. The zero-order valence-electron chi connectivity index (χ0n) is 20.5. The number of nitrogens with one attached hydrogen (secondary N) is 1. The van der Waals surface area contributed by atoms with Crippen LogP contribution in [-0.2, 0) is 4.79 Å². The first-order valence-corrected chi connectivity index (χ1v) is 11.7. The molecule has 0 fully saturated rings. The molecule has 0 saturated heterocycles. The molecule has 0 aliphatic rings. The number of amides is 2. The van der Waals surface area contributed by atoms with Gasteiger partial charge in [0.15, 0.2) is 0 Å². The quantitative estimate of drug-likeness (QED) is 0.383. The Kier molecular flexibility index (Phi) is 7.11. The summed E-state index contributed by atoms with van der Waals surface area (Å²) in [4.78, 5) is 32.6. The van der Waals surface area contributed by atoms with Gasteiger partial charge in [0.05, 0.1) is 5.69 Å². The topological polar surface area (TPSA) is 67.2 Å². The maximum absolute atomic E-state index is 13.2. The molecule has 0 aliphatic heterocycles. The van der Waals surface area contributed by atoms with Crippen molar-refractivity contribution in [1.29, 1.82) is 0 Å². The number of benzene rings is 3. The Morgan fingerprint density at radius 3 is 2.29 bits per heavy atom. The molecule has 0 atom stereocenters. The highest BCUT2D eigenvalue weighted by molar-refractivity contribution is 5.99. The Balaban J connectivity index is 1.61. The molecule has 6 nitrogen and oxygen atoms in total. The van der Waals surface area contributed by atoms with Crippen molar-refractivity contribution in [2.45, 2.75) is 33.7 Å². The summed E-state index contributed by atoms with van der Waals surface area (Å²) in [7, 11) is 0. The Morgan fingerprint density at radius 2 is 1.63 bits per heavy atom. The van der Waals surface area contributed by atoms with E-state index in [9.17, 15) is 9.59 Å². The van der Waals surface area contributed by atoms with Gasteiger partial charge in [0.2, 0.25) is 11.9 Å². The van der Waals surface area contributed by atoms with E-state index in [0.717, 1.165) is 28.1 Å². The highest BCUT2D eigenvalue weighted by Crippen LogP contribution is 2.25. The third-order valence-electron chi connectivity index (χ3n) is 5.80. The average Bonchev–Trinajstić information content (AvgIpc) is 3.26. The maximum atomic E-state index is 13.2. The molecule has 0 bridgehead atoms. The standard InChI is InChI=1S/C29H30N4O2/c1-20(2)32(28(35)24-15-13-21(3)14-16-24)19-27(34)31-29-30-26(23-10-6-5-7-11-23)18-33(29)25-12-8-9-22(4)17-25/h5-18,20H,19H2,1-4H3,(H,30,31,34). The van der Waals surface area contributed by atoms with Crippen LogP contribution in [0.5, 0.6) is 0 Å². The van der Waals surface area contributed by atoms with E-state index in [1.807, 2.05) is 105 Å². The molecular weight excluding hydrogens is 436 g/mol. The first-order valence-electron chi connectivity index (χ1n) is 11.7. The molecule has 4 aromatic rings. The highest BCUT2D eigenvalue weighted by Gasteiger charge is 2.23. The molecule has 1 N–H and O–H groups in total. The van der Waals surface area contributed by atoms with E-state index in [1.54, 1.807) is 17.0 Å². The third-order valence-corrected chi connectivity index (χ3v) is 5.80. The summed E-state index contributed by atoms with van der Waals surface area (Å²) >= 11 is 0. The van der Waals surface area contributed by atoms with E-state index in [4.69, 9.17) is 4.98 Å². The van der Waals surface area contributed by atoms with Crippen LogP contribution >= 0.6 is 0 Å². The van der Waals surface area contributed by atoms with Crippen molar-refractivity contribution in [3.8, 4) is 16.9 Å². The molecule has 1 aromatic heterocycles. The Morgan fingerprint density at radius 1 is 0.914 bits per heavy atom. The third kappa shape index (κ3) is 5.66. The predicted octanol–water partition coefficient (Wildman–Crippen LogP) is 5.65. The molecule has 0 spiro atoms. The van der Waals surface area contributed by atoms with Gasteiger partial charge in [-0.3, -0.25) is 19.5 Å². The Labute approximate surface area is 206 Å². The van der Waals surface area contributed by atoms with Gasteiger partial charge in [-0.25, -0.2) is 4.98 Å². The second-order valence-corrected chi connectivity index (χ2v) is 8.97. The van der Waals surface area contributed by atoms with Gasteiger partial charge in [-0.2, -0.15) is 0 Å². The molecule has 4 rings (SSSR count). The van der Waals surface area contributed by atoms with Gasteiger partial charge in [-0.1, -0.05) is 60.2 Å². The Bertz CT molecular complexity index is 1320. The molecule has 2 amide bonds. The van der Waals surface area contributed by atoms with Gasteiger partial charge in [-0.05, 0) is 57.5 Å². The lowest BCUT2D eigenvalue weighted by molar-refractivity contribution is -0.117. The predicted molar refractivity (Wildman–Crippen MR) is 140 cm³/mol. The van der Waals surface area contributed by atoms with Crippen molar-refractivity contribution in [2.75, 3.05) is 11.9 Å². The van der Waals surface area contributed by atoms with Crippen LogP contribution in [-0.4, -0.2) is 38.9 Å². The van der Waals surface area contributed by atoms with Crippen LogP contribution in [0.3, 0.4) is 0 Å². The van der Waals surface area contributed by atoms with E-state index in [0.29, 0.717) is 11.5 Å². The zero-order valence-corrected chi connectivity index (χ0v) is 20.5. The minimum atomic E-state index is -0.307. The number of anilines is 1. The summed E-state index contributed by atoms with van der Waals surface area (Å²) in [5.41, 5.74) is 5.33. The van der Waals surface area contributed by atoms with Crippen molar-refractivity contribution >= 4 is 17.8 Å². The average molecular weight is 467 g/mol. The van der Waals surface area contributed by atoms with E-state index in [1.165, 1.54) is 0 Å². The smallest absolute Gasteiger partial charge is 0.254 e. The van der Waals surface area contributed by atoms with E-state index in [2.05, 4.69) is 5.32 Å². The summed E-state index contributed by atoms with van der Waals surface area (Å²) in [5.74, 6) is -0.0774. The fourth-order valence-electron chi connectivity index (χ4n) is 3.86. The normalized spacial score (nSPS) is 10.9. The number of carbonyl (C=O) groups is 2. The SMILES string of the molecule is Cc1ccc(C(=O)N(CC(=O)Nc2nc(-c3ccccc3)cn2-c2cccc(C)c2)C(C)C)cc1. The van der Waals surface area contributed by atoms with Gasteiger partial charge in [0.1, 0.15) is 6.54 Å². The summed E-state index contributed by atoms with van der Waals surface area (Å²) < 4.78 is 1.87. The second-order valence-electron chi connectivity index (χ2n) is 8.97. The van der Waals surface area contributed by atoms with Crippen LogP contribution in [0.25, 0.3) is 16.9 Å². The number of hydrogen-bond donors (Lipinski definition) is 1. The van der Waals surface area contributed by atoms with Crippen molar-refractivity contribution in [3.63, 3.8) is 0 Å². The lowest BCUT2D eigenvalue weighted by Gasteiger charge is -2.26. The monoisotopic (exact) mass is 466 g/mol. The fourth-order valence-corrected chi connectivity index (χ4v) is 3.86. The largest absolute Gasteiger partial charge is 0.327 e. The minimum absolute atomic E-state index is 0.0777. The van der Waals surface area contributed by atoms with Crippen LogP contribution in [0.15, 0.2) is 85.1 Å². The van der Waals surface area contributed by atoms with Crippen molar-refractivity contribution in [1.82, 2.24) is 14.5 Å². The summed E-state index contributed by atoms with van der Waals surface area (Å²) in [5, 5.41) is 2.94. The Hall–Kier alpha value is -4.19. The van der Waals surface area contributed by atoms with Crippen molar-refractivity contribution < 1.29 is 9.59 Å². The van der Waals surface area contributed by atoms with Crippen molar-refractivity contribution in [2.24, 2.45) is 0 Å². The van der Waals surface area contributed by atoms with Crippen LogP contribution in [0.2, 0.25) is 0 Å². The van der Waals surface area contributed by atoms with E-state index >= 15 is 0 Å². The molecule has 0 aliphatic carbocycles. The van der Waals surface area contributed by atoms with Gasteiger partial charge in [0, 0.05) is 29.1 Å². The molecule has 3 aromatic carbocycles. The highest BCUT2D eigenvalue weighted by atomic mass is 16.2. The number of carbonyl (C=O) groups excluding carboxylic acids is 2. The zero-order chi connectivity index (χ0) is 24.9. The van der Waals surface area contributed by atoms with Gasteiger partial charge >= 0.3 is 0 Å². The number of rotatable bonds is 7. The molecule has 0 unspecified atom stereocenters. The maximum Gasteiger partial charge on any atom is 0.254 e. The van der Waals surface area contributed by atoms with Crippen LogP contribution in [0, 0.1) is 13.8 Å². The van der Waals surface area contributed by atoms with Gasteiger partial charge in [0.25, 0.3) is 5.91 Å². The summed E-state index contributed by atoms with van der Waals surface area (Å²) in [6.45, 7) is 7.73. The van der Waals surface area contributed by atoms with E-state index < -0.39 is 0 Å². The molecular formula is C29H30N4O2.